The standard InChI is InChI=1S/C8H11F5N4/c1-2-3-4-5-6-14-15-16-17(6)8(12,13)7(9,10)11/h2-5H2,1H3. The zero-order chi connectivity index (χ0) is 13.1. The smallest absolute Gasteiger partial charge is 0.170 e. The first kappa shape index (κ1) is 13.8. The second kappa shape index (κ2) is 4.92. The summed E-state index contributed by atoms with van der Waals surface area (Å²) < 4.78 is 61.8. The third kappa shape index (κ3) is 2.89. The fraction of sp³-hybridized carbons (Fsp3) is 0.875. The van der Waals surface area contributed by atoms with Crippen molar-refractivity contribution in [3.05, 3.63) is 5.82 Å². The molecule has 0 spiro atoms. The van der Waals surface area contributed by atoms with E-state index in [0.717, 1.165) is 6.42 Å². The molecule has 0 saturated carbocycles. The van der Waals surface area contributed by atoms with Gasteiger partial charge in [-0.15, -0.1) is 5.10 Å². The molecule has 0 aliphatic rings. The molecule has 17 heavy (non-hydrogen) atoms. The molecule has 0 aliphatic heterocycles. The summed E-state index contributed by atoms with van der Waals surface area (Å²) in [6, 6.07) is -5.07. The van der Waals surface area contributed by atoms with E-state index in [9.17, 15) is 22.0 Å². The SMILES string of the molecule is CCCCCc1nnnn1C(F)(F)C(F)(F)F. The lowest BCUT2D eigenvalue weighted by molar-refractivity contribution is -0.329. The highest BCUT2D eigenvalue weighted by atomic mass is 19.4. The van der Waals surface area contributed by atoms with E-state index in [1.165, 1.54) is 0 Å². The van der Waals surface area contributed by atoms with Crippen molar-refractivity contribution in [3.63, 3.8) is 0 Å². The molecule has 0 amide bonds. The third-order valence-electron chi connectivity index (χ3n) is 2.15. The predicted octanol–water partition coefficient (Wildman–Crippen LogP) is 2.52. The van der Waals surface area contributed by atoms with E-state index < -0.39 is 22.7 Å². The Labute approximate surface area is 93.8 Å². The van der Waals surface area contributed by atoms with Crippen LogP contribution < -0.4 is 0 Å². The molecule has 0 saturated heterocycles. The number of halogens is 5. The van der Waals surface area contributed by atoms with E-state index >= 15 is 0 Å². The van der Waals surface area contributed by atoms with E-state index in [2.05, 4.69) is 15.5 Å². The Hall–Kier alpha value is -1.28. The van der Waals surface area contributed by atoms with Crippen LogP contribution in [0.15, 0.2) is 0 Å². The average Bonchev–Trinajstić information content (AvgIpc) is 2.65. The topological polar surface area (TPSA) is 43.6 Å². The van der Waals surface area contributed by atoms with Crippen molar-refractivity contribution in [3.8, 4) is 0 Å². The Balaban J connectivity index is 2.88. The van der Waals surface area contributed by atoms with Gasteiger partial charge in [0, 0.05) is 6.42 Å². The molecular weight excluding hydrogens is 247 g/mol. The van der Waals surface area contributed by atoms with Crippen LogP contribution in [0, 0.1) is 0 Å². The largest absolute Gasteiger partial charge is 0.477 e. The lowest BCUT2D eigenvalue weighted by atomic mass is 10.2. The van der Waals surface area contributed by atoms with Gasteiger partial charge >= 0.3 is 12.2 Å². The van der Waals surface area contributed by atoms with Crippen molar-refractivity contribution >= 4 is 0 Å². The van der Waals surface area contributed by atoms with Crippen molar-refractivity contribution < 1.29 is 22.0 Å². The number of aromatic nitrogens is 4. The Morgan fingerprint density at radius 2 is 1.76 bits per heavy atom. The van der Waals surface area contributed by atoms with Gasteiger partial charge in [-0.05, 0) is 16.8 Å². The first-order valence-electron chi connectivity index (χ1n) is 5.03. The molecule has 0 N–H and O–H groups in total. The van der Waals surface area contributed by atoms with Crippen molar-refractivity contribution in [2.24, 2.45) is 0 Å². The summed E-state index contributed by atoms with van der Waals surface area (Å²) in [5.74, 6) is -0.458. The minimum Gasteiger partial charge on any atom is -0.170 e. The molecule has 0 unspecified atom stereocenters. The van der Waals surface area contributed by atoms with Gasteiger partial charge in [0.05, 0.1) is 0 Å². The molecule has 1 aromatic rings. The molecule has 1 rings (SSSR count). The number of rotatable bonds is 5. The fourth-order valence-corrected chi connectivity index (χ4v) is 1.23. The van der Waals surface area contributed by atoms with Crippen molar-refractivity contribution in [1.29, 1.82) is 0 Å². The number of unbranched alkanes of at least 4 members (excludes halogenated alkanes) is 2. The predicted molar refractivity (Wildman–Crippen MR) is 47.3 cm³/mol. The quantitative estimate of drug-likeness (QED) is 0.602. The van der Waals surface area contributed by atoms with Crippen molar-refractivity contribution in [2.75, 3.05) is 0 Å². The van der Waals surface area contributed by atoms with Crippen LogP contribution in [0.1, 0.15) is 32.0 Å². The van der Waals surface area contributed by atoms with E-state index in [1.54, 1.807) is 0 Å². The normalized spacial score (nSPS) is 13.1. The van der Waals surface area contributed by atoms with Crippen LogP contribution >= 0.6 is 0 Å². The summed E-state index contributed by atoms with van der Waals surface area (Å²) in [5.41, 5.74) is 0. The number of nitrogens with zero attached hydrogens (tertiary/aromatic N) is 4. The van der Waals surface area contributed by atoms with E-state index in [1.807, 2.05) is 6.92 Å². The first-order chi connectivity index (χ1) is 7.80. The zero-order valence-corrected chi connectivity index (χ0v) is 9.01. The van der Waals surface area contributed by atoms with Gasteiger partial charge in [0.2, 0.25) is 0 Å². The maximum Gasteiger partial charge on any atom is 0.477 e. The highest BCUT2D eigenvalue weighted by Crippen LogP contribution is 2.39. The van der Waals surface area contributed by atoms with Crippen LogP contribution in [0.3, 0.4) is 0 Å². The van der Waals surface area contributed by atoms with Crippen LogP contribution in [-0.4, -0.2) is 26.4 Å². The maximum atomic E-state index is 13.0. The summed E-state index contributed by atoms with van der Waals surface area (Å²) in [4.78, 5) is 0. The van der Waals surface area contributed by atoms with Gasteiger partial charge in [-0.25, -0.2) is 0 Å². The van der Waals surface area contributed by atoms with Crippen molar-refractivity contribution in [2.45, 2.75) is 44.8 Å². The number of aryl methyl sites for hydroxylation is 1. The summed E-state index contributed by atoms with van der Waals surface area (Å²) in [6.45, 7) is 1.88. The van der Waals surface area contributed by atoms with E-state index in [-0.39, 0.29) is 6.42 Å². The summed E-state index contributed by atoms with van der Waals surface area (Å²) in [6.07, 6.45) is -3.72. The Bertz CT molecular complexity index is 359. The highest BCUT2D eigenvalue weighted by Gasteiger charge is 2.61. The Kier molecular flexibility index (Phi) is 3.99. The van der Waals surface area contributed by atoms with Gasteiger partial charge in [0.15, 0.2) is 5.82 Å². The van der Waals surface area contributed by atoms with Gasteiger partial charge in [-0.2, -0.15) is 26.6 Å². The molecule has 1 aromatic heterocycles. The molecule has 4 nitrogen and oxygen atoms in total. The molecule has 1 heterocycles. The number of tetrazole rings is 1. The molecule has 98 valence electrons. The van der Waals surface area contributed by atoms with E-state index in [0.29, 0.717) is 12.8 Å². The van der Waals surface area contributed by atoms with Crippen LogP contribution in [0.25, 0.3) is 0 Å². The minimum absolute atomic E-state index is 0.00743. The molecule has 0 bridgehead atoms. The lowest BCUT2D eigenvalue weighted by Gasteiger charge is -2.19. The second-order valence-electron chi connectivity index (χ2n) is 3.50. The van der Waals surface area contributed by atoms with Gasteiger partial charge < -0.3 is 0 Å². The summed E-state index contributed by atoms with van der Waals surface area (Å²) in [5, 5.41) is 8.77. The van der Waals surface area contributed by atoms with Gasteiger partial charge in [0.25, 0.3) is 0 Å². The minimum atomic E-state index is -5.71. The molecular formula is C8H11F5N4. The van der Waals surface area contributed by atoms with Gasteiger partial charge in [-0.3, -0.25) is 0 Å². The number of hydrogen-bond donors (Lipinski definition) is 0. The van der Waals surface area contributed by atoms with Gasteiger partial charge in [0.1, 0.15) is 0 Å². The van der Waals surface area contributed by atoms with E-state index in [4.69, 9.17) is 0 Å². The van der Waals surface area contributed by atoms with Crippen LogP contribution in [-0.2, 0) is 12.5 Å². The molecule has 0 fully saturated rings. The fourth-order valence-electron chi connectivity index (χ4n) is 1.23. The Morgan fingerprint density at radius 1 is 1.12 bits per heavy atom. The highest BCUT2D eigenvalue weighted by molar-refractivity contribution is 4.87. The van der Waals surface area contributed by atoms with Crippen LogP contribution in [0.5, 0.6) is 0 Å². The first-order valence-corrected chi connectivity index (χ1v) is 5.03. The molecule has 0 aromatic carbocycles. The molecule has 0 atom stereocenters. The monoisotopic (exact) mass is 258 g/mol. The van der Waals surface area contributed by atoms with Crippen molar-refractivity contribution in [1.82, 2.24) is 20.2 Å². The Morgan fingerprint density at radius 3 is 2.29 bits per heavy atom. The maximum absolute atomic E-state index is 13.0. The van der Waals surface area contributed by atoms with Gasteiger partial charge in [-0.1, -0.05) is 19.8 Å². The number of hydrogen-bond acceptors (Lipinski definition) is 3. The molecule has 0 aliphatic carbocycles. The number of alkyl halides is 5. The zero-order valence-electron chi connectivity index (χ0n) is 9.01. The molecule has 0 radical (unpaired) electrons. The van der Waals surface area contributed by atoms with Crippen LogP contribution in [0.4, 0.5) is 22.0 Å². The summed E-state index contributed by atoms with van der Waals surface area (Å²) >= 11 is 0. The second-order valence-corrected chi connectivity index (χ2v) is 3.50. The van der Waals surface area contributed by atoms with Crippen LogP contribution in [0.2, 0.25) is 0 Å². The third-order valence-corrected chi connectivity index (χ3v) is 2.15. The average molecular weight is 258 g/mol. The summed E-state index contributed by atoms with van der Waals surface area (Å²) in [7, 11) is 0. The lowest BCUT2D eigenvalue weighted by Crippen LogP contribution is -2.41. The molecule has 9 heteroatoms.